The highest BCUT2D eigenvalue weighted by atomic mass is 79.9. The molecule has 0 unspecified atom stereocenters. The van der Waals surface area contributed by atoms with E-state index in [9.17, 15) is 0 Å². The Hall–Kier alpha value is -2.02. The summed E-state index contributed by atoms with van der Waals surface area (Å²) in [5.74, 6) is 0.739. The van der Waals surface area contributed by atoms with E-state index in [0.29, 0.717) is 13.1 Å². The van der Waals surface area contributed by atoms with Crippen LogP contribution in [0, 0.1) is 6.92 Å². The van der Waals surface area contributed by atoms with Crippen molar-refractivity contribution in [2.24, 2.45) is 0 Å². The van der Waals surface area contributed by atoms with E-state index in [2.05, 4.69) is 49.5 Å². The summed E-state index contributed by atoms with van der Waals surface area (Å²) in [6.45, 7) is 3.43. The van der Waals surface area contributed by atoms with Gasteiger partial charge in [-0.1, -0.05) is 22.0 Å². The van der Waals surface area contributed by atoms with Gasteiger partial charge in [0.05, 0.1) is 6.61 Å². The fraction of sp³-hybridized carbons (Fsp3) is 0.222. The van der Waals surface area contributed by atoms with Gasteiger partial charge in [0.1, 0.15) is 5.52 Å². The lowest BCUT2D eigenvalue weighted by Crippen LogP contribution is -2.17. The van der Waals surface area contributed by atoms with Crippen LogP contribution < -0.4 is 10.6 Å². The summed E-state index contributed by atoms with van der Waals surface area (Å²) in [6.07, 6.45) is 3.62. The van der Waals surface area contributed by atoms with E-state index in [1.54, 1.807) is 6.20 Å². The molecule has 0 fully saturated rings. The van der Waals surface area contributed by atoms with Crippen molar-refractivity contribution in [3.8, 4) is 0 Å². The molecule has 0 saturated heterocycles. The average molecular weight is 387 g/mol. The normalized spacial score (nSPS) is 11.0. The Morgan fingerprint density at radius 3 is 2.92 bits per heavy atom. The van der Waals surface area contributed by atoms with Gasteiger partial charge in [-0.15, -0.1) is 0 Å². The molecule has 124 valence electrons. The van der Waals surface area contributed by atoms with Crippen molar-refractivity contribution in [3.05, 3.63) is 58.3 Å². The Balaban J connectivity index is 1.90. The maximum Gasteiger partial charge on any atom is 0.156 e. The number of rotatable bonds is 6. The van der Waals surface area contributed by atoms with Crippen molar-refractivity contribution in [3.63, 3.8) is 0 Å². The molecule has 0 amide bonds. The predicted molar refractivity (Wildman–Crippen MR) is 100 cm³/mol. The van der Waals surface area contributed by atoms with Crippen LogP contribution in [-0.4, -0.2) is 28.2 Å². The Morgan fingerprint density at radius 2 is 2.08 bits per heavy atom. The third-order valence-electron chi connectivity index (χ3n) is 3.79. The molecule has 0 radical (unpaired) electrons. The SMILES string of the molecule is Cc1c(Br)cccc1Nc1nccc2cc(CNCCO)cnc12. The van der Waals surface area contributed by atoms with Gasteiger partial charge in [-0.05, 0) is 42.3 Å². The van der Waals surface area contributed by atoms with Gasteiger partial charge in [0.25, 0.3) is 0 Å². The van der Waals surface area contributed by atoms with Gasteiger partial charge < -0.3 is 15.7 Å². The van der Waals surface area contributed by atoms with E-state index in [1.165, 1.54) is 0 Å². The molecule has 3 N–H and O–H groups in total. The minimum absolute atomic E-state index is 0.130. The highest BCUT2D eigenvalue weighted by molar-refractivity contribution is 9.10. The molecule has 3 rings (SSSR count). The fourth-order valence-electron chi connectivity index (χ4n) is 2.48. The van der Waals surface area contributed by atoms with Crippen molar-refractivity contribution < 1.29 is 5.11 Å². The molecule has 0 saturated carbocycles. The predicted octanol–water partition coefficient (Wildman–Crippen LogP) is 3.53. The minimum atomic E-state index is 0.130. The number of nitrogens with one attached hydrogen (secondary N) is 2. The van der Waals surface area contributed by atoms with Crippen molar-refractivity contribution in [2.45, 2.75) is 13.5 Å². The van der Waals surface area contributed by atoms with Crippen molar-refractivity contribution in [2.75, 3.05) is 18.5 Å². The lowest BCUT2D eigenvalue weighted by atomic mass is 10.1. The molecule has 2 aromatic heterocycles. The zero-order valence-corrected chi connectivity index (χ0v) is 15.0. The van der Waals surface area contributed by atoms with E-state index >= 15 is 0 Å². The van der Waals surface area contributed by atoms with E-state index in [4.69, 9.17) is 5.11 Å². The third-order valence-corrected chi connectivity index (χ3v) is 4.65. The molecule has 0 aliphatic heterocycles. The number of hydrogen-bond donors (Lipinski definition) is 3. The summed E-state index contributed by atoms with van der Waals surface area (Å²) in [6, 6.07) is 10.1. The zero-order valence-electron chi connectivity index (χ0n) is 13.4. The van der Waals surface area contributed by atoms with E-state index in [1.807, 2.05) is 30.5 Å². The third kappa shape index (κ3) is 3.72. The van der Waals surface area contributed by atoms with Crippen LogP contribution in [-0.2, 0) is 6.54 Å². The first kappa shape index (κ1) is 16.8. The zero-order chi connectivity index (χ0) is 16.9. The van der Waals surface area contributed by atoms with Crippen LogP contribution in [0.4, 0.5) is 11.5 Å². The molecule has 2 heterocycles. The lowest BCUT2D eigenvalue weighted by Gasteiger charge is -2.12. The fourth-order valence-corrected chi connectivity index (χ4v) is 2.84. The number of nitrogens with zero attached hydrogens (tertiary/aromatic N) is 2. The Labute approximate surface area is 149 Å². The van der Waals surface area contributed by atoms with Crippen molar-refractivity contribution >= 4 is 38.3 Å². The van der Waals surface area contributed by atoms with Gasteiger partial charge in [-0.25, -0.2) is 4.98 Å². The summed E-state index contributed by atoms with van der Waals surface area (Å²) in [4.78, 5) is 9.01. The number of aliphatic hydroxyl groups excluding tert-OH is 1. The van der Waals surface area contributed by atoms with Crippen LogP contribution in [0.5, 0.6) is 0 Å². The first-order valence-corrected chi connectivity index (χ1v) is 8.55. The molecule has 3 aromatic rings. The largest absolute Gasteiger partial charge is 0.395 e. The maximum absolute atomic E-state index is 8.84. The molecule has 6 heteroatoms. The maximum atomic E-state index is 8.84. The molecule has 0 atom stereocenters. The van der Waals surface area contributed by atoms with Gasteiger partial charge >= 0.3 is 0 Å². The number of aliphatic hydroxyl groups is 1. The average Bonchev–Trinajstić information content (AvgIpc) is 2.59. The van der Waals surface area contributed by atoms with Crippen LogP contribution in [0.25, 0.3) is 10.9 Å². The van der Waals surface area contributed by atoms with Gasteiger partial charge in [-0.2, -0.15) is 0 Å². The number of pyridine rings is 2. The van der Waals surface area contributed by atoms with Crippen LogP contribution in [0.1, 0.15) is 11.1 Å². The van der Waals surface area contributed by atoms with Gasteiger partial charge in [0, 0.05) is 41.0 Å². The Morgan fingerprint density at radius 1 is 1.21 bits per heavy atom. The Kier molecular flexibility index (Phi) is 5.40. The molecule has 0 spiro atoms. The second-order valence-corrected chi connectivity index (χ2v) is 6.37. The Bertz CT molecular complexity index is 854. The standard InChI is InChI=1S/C18H19BrN4O/c1-12-15(19)3-2-4-16(12)23-18-17-14(5-6-21-18)9-13(11-22-17)10-20-7-8-24/h2-6,9,11,20,24H,7-8,10H2,1H3,(H,21,23). The van der Waals surface area contributed by atoms with Crippen LogP contribution in [0.3, 0.4) is 0 Å². The summed E-state index contributed by atoms with van der Waals surface area (Å²) in [5.41, 5.74) is 4.04. The van der Waals surface area contributed by atoms with Crippen LogP contribution in [0.2, 0.25) is 0 Å². The van der Waals surface area contributed by atoms with Gasteiger partial charge in [0.2, 0.25) is 0 Å². The number of halogens is 1. The highest BCUT2D eigenvalue weighted by Gasteiger charge is 2.08. The number of anilines is 2. The first-order chi connectivity index (χ1) is 11.7. The number of benzene rings is 1. The second-order valence-electron chi connectivity index (χ2n) is 5.51. The molecule has 1 aromatic carbocycles. The summed E-state index contributed by atoms with van der Waals surface area (Å²) in [7, 11) is 0. The first-order valence-electron chi connectivity index (χ1n) is 7.76. The molecular formula is C18H19BrN4O. The number of hydrogen-bond acceptors (Lipinski definition) is 5. The van der Waals surface area contributed by atoms with E-state index in [0.717, 1.165) is 38.0 Å². The van der Waals surface area contributed by atoms with E-state index < -0.39 is 0 Å². The minimum Gasteiger partial charge on any atom is -0.395 e. The molecular weight excluding hydrogens is 368 g/mol. The van der Waals surface area contributed by atoms with Crippen LogP contribution in [0.15, 0.2) is 47.2 Å². The molecule has 5 nitrogen and oxygen atoms in total. The smallest absolute Gasteiger partial charge is 0.156 e. The number of fused-ring (bicyclic) bond motifs is 1. The summed E-state index contributed by atoms with van der Waals surface area (Å²) < 4.78 is 1.05. The van der Waals surface area contributed by atoms with E-state index in [-0.39, 0.29) is 6.61 Å². The van der Waals surface area contributed by atoms with Crippen molar-refractivity contribution in [1.82, 2.24) is 15.3 Å². The quantitative estimate of drug-likeness (QED) is 0.565. The summed E-state index contributed by atoms with van der Waals surface area (Å²) >= 11 is 3.55. The molecule has 0 aliphatic rings. The number of aromatic nitrogens is 2. The summed E-state index contributed by atoms with van der Waals surface area (Å²) in [5, 5.41) is 16.4. The lowest BCUT2D eigenvalue weighted by molar-refractivity contribution is 0.292. The molecule has 0 aliphatic carbocycles. The molecule has 0 bridgehead atoms. The topological polar surface area (TPSA) is 70.1 Å². The highest BCUT2D eigenvalue weighted by Crippen LogP contribution is 2.28. The van der Waals surface area contributed by atoms with Crippen LogP contribution >= 0.6 is 15.9 Å². The van der Waals surface area contributed by atoms with Gasteiger partial charge in [0.15, 0.2) is 5.82 Å². The second kappa shape index (κ2) is 7.70. The van der Waals surface area contributed by atoms with Crippen molar-refractivity contribution in [1.29, 1.82) is 0 Å². The molecule has 24 heavy (non-hydrogen) atoms. The monoisotopic (exact) mass is 386 g/mol. The van der Waals surface area contributed by atoms with Gasteiger partial charge in [-0.3, -0.25) is 4.98 Å².